The standard InChI is InChI=1S/C14H19NO3/c1-14(2,3)18-13(16)15(9-12-10-17-12)11-7-5-4-6-8-11/h4-8,12H,9-10H2,1-3H3. The molecule has 0 saturated carbocycles. The van der Waals surface area contributed by atoms with Gasteiger partial charge >= 0.3 is 6.09 Å². The minimum atomic E-state index is -0.492. The van der Waals surface area contributed by atoms with Crippen LogP contribution in [0.25, 0.3) is 0 Å². The zero-order valence-corrected chi connectivity index (χ0v) is 11.1. The molecule has 0 spiro atoms. The summed E-state index contributed by atoms with van der Waals surface area (Å²) in [6.45, 7) is 6.84. The maximum absolute atomic E-state index is 12.2. The molecule has 1 saturated heterocycles. The molecule has 1 aromatic rings. The summed E-state index contributed by atoms with van der Waals surface area (Å²) in [5.41, 5.74) is 0.344. The van der Waals surface area contributed by atoms with E-state index in [9.17, 15) is 4.79 Å². The first-order chi connectivity index (χ1) is 8.46. The Kier molecular flexibility index (Phi) is 3.57. The van der Waals surface area contributed by atoms with Gasteiger partial charge in [-0.05, 0) is 32.9 Å². The van der Waals surface area contributed by atoms with Crippen LogP contribution in [0, 0.1) is 0 Å². The minimum Gasteiger partial charge on any atom is -0.443 e. The largest absolute Gasteiger partial charge is 0.443 e. The Bertz CT molecular complexity index is 407. The van der Waals surface area contributed by atoms with E-state index in [1.807, 2.05) is 51.1 Å². The highest BCUT2D eigenvalue weighted by atomic mass is 16.6. The molecule has 4 nitrogen and oxygen atoms in total. The lowest BCUT2D eigenvalue weighted by molar-refractivity contribution is 0.0577. The van der Waals surface area contributed by atoms with Gasteiger partial charge in [-0.1, -0.05) is 18.2 Å². The van der Waals surface area contributed by atoms with E-state index >= 15 is 0 Å². The number of para-hydroxylation sites is 1. The number of epoxide rings is 1. The number of carbonyl (C=O) groups excluding carboxylic acids is 1. The highest BCUT2D eigenvalue weighted by Gasteiger charge is 2.31. The number of rotatable bonds is 3. The lowest BCUT2D eigenvalue weighted by atomic mass is 10.2. The number of benzene rings is 1. The molecule has 1 aliphatic heterocycles. The van der Waals surface area contributed by atoms with E-state index in [4.69, 9.17) is 9.47 Å². The number of anilines is 1. The molecule has 4 heteroatoms. The van der Waals surface area contributed by atoms with Gasteiger partial charge in [0.25, 0.3) is 0 Å². The first kappa shape index (κ1) is 12.9. The van der Waals surface area contributed by atoms with Crippen LogP contribution in [0.3, 0.4) is 0 Å². The Hall–Kier alpha value is -1.55. The van der Waals surface area contributed by atoms with Crippen molar-refractivity contribution >= 4 is 11.8 Å². The van der Waals surface area contributed by atoms with E-state index in [2.05, 4.69) is 0 Å². The molecule has 0 aromatic heterocycles. The monoisotopic (exact) mass is 249 g/mol. The number of carbonyl (C=O) groups is 1. The molecule has 1 fully saturated rings. The van der Waals surface area contributed by atoms with Gasteiger partial charge in [0.1, 0.15) is 5.60 Å². The maximum Gasteiger partial charge on any atom is 0.414 e. The molecule has 1 unspecified atom stereocenters. The van der Waals surface area contributed by atoms with Crippen LogP contribution in [0.1, 0.15) is 20.8 Å². The quantitative estimate of drug-likeness (QED) is 0.773. The number of hydrogen-bond donors (Lipinski definition) is 0. The van der Waals surface area contributed by atoms with Gasteiger partial charge in [-0.3, -0.25) is 4.90 Å². The number of nitrogens with zero attached hydrogens (tertiary/aromatic N) is 1. The Balaban J connectivity index is 2.11. The van der Waals surface area contributed by atoms with Crippen LogP contribution in [0.2, 0.25) is 0 Å². The van der Waals surface area contributed by atoms with Crippen molar-refractivity contribution in [3.63, 3.8) is 0 Å². The van der Waals surface area contributed by atoms with Crippen molar-refractivity contribution in [2.75, 3.05) is 18.1 Å². The van der Waals surface area contributed by atoms with Crippen LogP contribution in [0.5, 0.6) is 0 Å². The first-order valence-electron chi connectivity index (χ1n) is 6.13. The average Bonchev–Trinajstić information content (AvgIpc) is 3.08. The van der Waals surface area contributed by atoms with Crippen molar-refractivity contribution in [2.24, 2.45) is 0 Å². The first-order valence-corrected chi connectivity index (χ1v) is 6.13. The van der Waals surface area contributed by atoms with Gasteiger partial charge in [-0.25, -0.2) is 4.79 Å². The third-order valence-electron chi connectivity index (χ3n) is 2.47. The minimum absolute atomic E-state index is 0.137. The fourth-order valence-corrected chi connectivity index (χ4v) is 1.59. The molecule has 1 amide bonds. The summed E-state index contributed by atoms with van der Waals surface area (Å²) in [5.74, 6) is 0. The Morgan fingerprint density at radius 2 is 2.00 bits per heavy atom. The molecule has 98 valence electrons. The molecule has 0 aliphatic carbocycles. The molecule has 1 heterocycles. The van der Waals surface area contributed by atoms with E-state index in [0.29, 0.717) is 13.2 Å². The van der Waals surface area contributed by atoms with Crippen molar-refractivity contribution in [3.05, 3.63) is 30.3 Å². The third-order valence-corrected chi connectivity index (χ3v) is 2.47. The van der Waals surface area contributed by atoms with Crippen molar-refractivity contribution in [1.82, 2.24) is 0 Å². The lowest BCUT2D eigenvalue weighted by Crippen LogP contribution is -2.39. The summed E-state index contributed by atoms with van der Waals surface area (Å²) in [4.78, 5) is 13.8. The second kappa shape index (κ2) is 4.98. The molecular weight excluding hydrogens is 230 g/mol. The van der Waals surface area contributed by atoms with Crippen LogP contribution < -0.4 is 4.90 Å². The summed E-state index contributed by atoms with van der Waals surface area (Å²) in [6, 6.07) is 9.52. The highest BCUT2D eigenvalue weighted by molar-refractivity contribution is 5.87. The second-order valence-corrected chi connectivity index (χ2v) is 5.38. The fraction of sp³-hybridized carbons (Fsp3) is 0.500. The summed E-state index contributed by atoms with van der Waals surface area (Å²) < 4.78 is 10.6. The van der Waals surface area contributed by atoms with Gasteiger partial charge in [0, 0.05) is 5.69 Å². The molecule has 1 aromatic carbocycles. The molecule has 2 rings (SSSR count). The Morgan fingerprint density at radius 3 is 2.50 bits per heavy atom. The van der Waals surface area contributed by atoms with Gasteiger partial charge < -0.3 is 9.47 Å². The van der Waals surface area contributed by atoms with Gasteiger partial charge in [0.15, 0.2) is 0 Å². The smallest absolute Gasteiger partial charge is 0.414 e. The van der Waals surface area contributed by atoms with E-state index in [1.165, 1.54) is 0 Å². The third kappa shape index (κ3) is 3.74. The van der Waals surface area contributed by atoms with Crippen molar-refractivity contribution in [1.29, 1.82) is 0 Å². The van der Waals surface area contributed by atoms with Crippen LogP contribution in [0.4, 0.5) is 10.5 Å². The van der Waals surface area contributed by atoms with E-state index in [0.717, 1.165) is 5.69 Å². The Morgan fingerprint density at radius 1 is 1.39 bits per heavy atom. The number of ether oxygens (including phenoxy) is 2. The van der Waals surface area contributed by atoms with Crippen LogP contribution >= 0.6 is 0 Å². The summed E-state index contributed by atoms with van der Waals surface area (Å²) >= 11 is 0. The summed E-state index contributed by atoms with van der Waals surface area (Å²) in [6.07, 6.45) is -0.193. The molecule has 0 radical (unpaired) electrons. The molecular formula is C14H19NO3. The summed E-state index contributed by atoms with van der Waals surface area (Å²) in [5, 5.41) is 0. The fourth-order valence-electron chi connectivity index (χ4n) is 1.59. The second-order valence-electron chi connectivity index (χ2n) is 5.38. The number of amides is 1. The zero-order valence-electron chi connectivity index (χ0n) is 11.1. The average molecular weight is 249 g/mol. The normalized spacial score (nSPS) is 18.3. The van der Waals surface area contributed by atoms with Gasteiger partial charge in [-0.2, -0.15) is 0 Å². The molecule has 1 atom stereocenters. The van der Waals surface area contributed by atoms with Crippen LogP contribution in [-0.2, 0) is 9.47 Å². The predicted molar refractivity (Wildman–Crippen MR) is 69.8 cm³/mol. The van der Waals surface area contributed by atoms with E-state index in [-0.39, 0.29) is 12.2 Å². The van der Waals surface area contributed by atoms with Crippen LogP contribution in [0.15, 0.2) is 30.3 Å². The predicted octanol–water partition coefficient (Wildman–Crippen LogP) is 2.83. The van der Waals surface area contributed by atoms with Crippen LogP contribution in [-0.4, -0.2) is 30.9 Å². The topological polar surface area (TPSA) is 42.1 Å². The van der Waals surface area contributed by atoms with E-state index in [1.54, 1.807) is 4.90 Å². The molecule has 1 aliphatic rings. The van der Waals surface area contributed by atoms with Gasteiger partial charge in [0.2, 0.25) is 0 Å². The van der Waals surface area contributed by atoms with Gasteiger partial charge in [-0.15, -0.1) is 0 Å². The molecule has 18 heavy (non-hydrogen) atoms. The molecule has 0 N–H and O–H groups in total. The summed E-state index contributed by atoms with van der Waals surface area (Å²) in [7, 11) is 0. The van der Waals surface area contributed by atoms with Gasteiger partial charge in [0.05, 0.1) is 19.3 Å². The Labute approximate surface area is 107 Å². The molecule has 0 bridgehead atoms. The van der Waals surface area contributed by atoms with Crippen molar-refractivity contribution < 1.29 is 14.3 Å². The van der Waals surface area contributed by atoms with Crippen molar-refractivity contribution in [2.45, 2.75) is 32.5 Å². The highest BCUT2D eigenvalue weighted by Crippen LogP contribution is 2.21. The van der Waals surface area contributed by atoms with E-state index < -0.39 is 5.60 Å². The lowest BCUT2D eigenvalue weighted by Gasteiger charge is -2.27. The van der Waals surface area contributed by atoms with Crippen molar-refractivity contribution in [3.8, 4) is 0 Å². The SMILES string of the molecule is CC(C)(C)OC(=O)N(CC1CO1)c1ccccc1. The number of hydrogen-bond acceptors (Lipinski definition) is 3. The zero-order chi connectivity index (χ0) is 13.2. The maximum atomic E-state index is 12.2.